The Labute approximate surface area is 99.8 Å². The average Bonchev–Trinajstić information content (AvgIpc) is 2.78. The third-order valence-corrected chi connectivity index (χ3v) is 4.73. The molecule has 0 spiro atoms. The molecule has 2 aliphatic carbocycles. The fraction of sp³-hybridized carbons (Fsp3) is 1.00. The van der Waals surface area contributed by atoms with Gasteiger partial charge in [-0.25, -0.2) is 0 Å². The SMILES string of the molecule is CCC1CCCC(NC2(CO)CCCC2)C1. The first-order valence-corrected chi connectivity index (χ1v) is 7.16. The number of nitrogens with one attached hydrogen (secondary N) is 1. The number of hydrogen-bond donors (Lipinski definition) is 2. The van der Waals surface area contributed by atoms with Crippen molar-refractivity contribution in [3.05, 3.63) is 0 Å². The Bertz CT molecular complexity index is 211. The first-order chi connectivity index (χ1) is 7.78. The molecule has 2 unspecified atom stereocenters. The van der Waals surface area contributed by atoms with Crippen LogP contribution in [0.1, 0.15) is 64.7 Å². The summed E-state index contributed by atoms with van der Waals surface area (Å²) < 4.78 is 0. The highest BCUT2D eigenvalue weighted by molar-refractivity contribution is 4.95. The predicted molar refractivity (Wildman–Crippen MR) is 67.5 cm³/mol. The van der Waals surface area contributed by atoms with Gasteiger partial charge in [0.05, 0.1) is 6.61 Å². The van der Waals surface area contributed by atoms with Crippen LogP contribution < -0.4 is 5.32 Å². The van der Waals surface area contributed by atoms with Crippen LogP contribution in [-0.2, 0) is 0 Å². The van der Waals surface area contributed by atoms with Crippen molar-refractivity contribution in [2.75, 3.05) is 6.61 Å². The number of hydrogen-bond acceptors (Lipinski definition) is 2. The number of rotatable bonds is 4. The van der Waals surface area contributed by atoms with E-state index < -0.39 is 0 Å². The molecule has 0 aromatic carbocycles. The van der Waals surface area contributed by atoms with Crippen LogP contribution in [0.4, 0.5) is 0 Å². The second kappa shape index (κ2) is 5.50. The monoisotopic (exact) mass is 225 g/mol. The lowest BCUT2D eigenvalue weighted by molar-refractivity contribution is 0.132. The van der Waals surface area contributed by atoms with E-state index in [4.69, 9.17) is 0 Å². The van der Waals surface area contributed by atoms with E-state index in [1.165, 1.54) is 57.8 Å². The van der Waals surface area contributed by atoms with Crippen molar-refractivity contribution in [2.45, 2.75) is 76.3 Å². The van der Waals surface area contributed by atoms with Gasteiger partial charge in [0.15, 0.2) is 0 Å². The Kier molecular flexibility index (Phi) is 4.26. The molecule has 2 aliphatic rings. The summed E-state index contributed by atoms with van der Waals surface area (Å²) in [5.41, 5.74) is 0.0836. The van der Waals surface area contributed by atoms with Crippen molar-refractivity contribution >= 4 is 0 Å². The Morgan fingerprint density at radius 3 is 2.56 bits per heavy atom. The standard InChI is InChI=1S/C14H27NO/c1-2-12-6-5-7-13(10-12)15-14(11-16)8-3-4-9-14/h12-13,15-16H,2-11H2,1H3. The highest BCUT2D eigenvalue weighted by Crippen LogP contribution is 2.33. The molecule has 2 nitrogen and oxygen atoms in total. The number of aliphatic hydroxyl groups excluding tert-OH is 1. The van der Waals surface area contributed by atoms with Gasteiger partial charge < -0.3 is 10.4 Å². The summed E-state index contributed by atoms with van der Waals surface area (Å²) in [5.74, 6) is 0.920. The fourth-order valence-corrected chi connectivity index (χ4v) is 3.63. The molecule has 0 radical (unpaired) electrons. The highest BCUT2D eigenvalue weighted by atomic mass is 16.3. The van der Waals surface area contributed by atoms with Gasteiger partial charge in [-0.3, -0.25) is 0 Å². The van der Waals surface area contributed by atoms with Crippen molar-refractivity contribution in [2.24, 2.45) is 5.92 Å². The van der Waals surface area contributed by atoms with Crippen LogP contribution in [-0.4, -0.2) is 23.3 Å². The molecule has 16 heavy (non-hydrogen) atoms. The van der Waals surface area contributed by atoms with E-state index in [9.17, 15) is 5.11 Å². The lowest BCUT2D eigenvalue weighted by Gasteiger charge is -2.37. The smallest absolute Gasteiger partial charge is 0.0613 e. The van der Waals surface area contributed by atoms with Crippen LogP contribution in [0, 0.1) is 5.92 Å². The van der Waals surface area contributed by atoms with Crippen LogP contribution in [0.15, 0.2) is 0 Å². The molecule has 2 fully saturated rings. The molecule has 0 amide bonds. The van der Waals surface area contributed by atoms with Crippen LogP contribution in [0.25, 0.3) is 0 Å². The van der Waals surface area contributed by atoms with E-state index in [0.29, 0.717) is 12.6 Å². The predicted octanol–water partition coefficient (Wildman–Crippen LogP) is 2.85. The maximum Gasteiger partial charge on any atom is 0.0613 e. The van der Waals surface area contributed by atoms with Crippen LogP contribution >= 0.6 is 0 Å². The van der Waals surface area contributed by atoms with Gasteiger partial charge in [0.1, 0.15) is 0 Å². The summed E-state index contributed by atoms with van der Waals surface area (Å²) in [7, 11) is 0. The number of aliphatic hydroxyl groups is 1. The molecular weight excluding hydrogens is 198 g/mol. The molecule has 2 N–H and O–H groups in total. The van der Waals surface area contributed by atoms with Crippen LogP contribution in [0.5, 0.6) is 0 Å². The summed E-state index contributed by atoms with van der Waals surface area (Å²) in [5, 5.41) is 13.4. The summed E-state index contributed by atoms with van der Waals surface area (Å²) in [4.78, 5) is 0. The van der Waals surface area contributed by atoms with Gasteiger partial charge >= 0.3 is 0 Å². The summed E-state index contributed by atoms with van der Waals surface area (Å²) in [6, 6.07) is 0.670. The van der Waals surface area contributed by atoms with Crippen LogP contribution in [0.2, 0.25) is 0 Å². The van der Waals surface area contributed by atoms with Crippen molar-refractivity contribution in [3.63, 3.8) is 0 Å². The summed E-state index contributed by atoms with van der Waals surface area (Å²) >= 11 is 0. The van der Waals surface area contributed by atoms with Crippen molar-refractivity contribution in [1.82, 2.24) is 5.32 Å². The fourth-order valence-electron chi connectivity index (χ4n) is 3.63. The Hall–Kier alpha value is -0.0800. The molecule has 0 aromatic heterocycles. The molecule has 2 atom stereocenters. The minimum absolute atomic E-state index is 0.0836. The maximum atomic E-state index is 9.61. The summed E-state index contributed by atoms with van der Waals surface area (Å²) in [6.07, 6.45) is 11.7. The molecular formula is C14H27NO. The zero-order chi connectivity index (χ0) is 11.4. The van der Waals surface area contributed by atoms with Gasteiger partial charge in [-0.15, -0.1) is 0 Å². The zero-order valence-corrected chi connectivity index (χ0v) is 10.7. The molecule has 0 saturated heterocycles. The van der Waals surface area contributed by atoms with Crippen molar-refractivity contribution in [3.8, 4) is 0 Å². The molecule has 2 rings (SSSR count). The van der Waals surface area contributed by atoms with E-state index in [1.807, 2.05) is 0 Å². The highest BCUT2D eigenvalue weighted by Gasteiger charge is 2.35. The summed E-state index contributed by atoms with van der Waals surface area (Å²) in [6.45, 7) is 2.64. The topological polar surface area (TPSA) is 32.3 Å². The largest absolute Gasteiger partial charge is 0.394 e. The maximum absolute atomic E-state index is 9.61. The minimum Gasteiger partial charge on any atom is -0.394 e. The molecule has 0 bridgehead atoms. The van der Waals surface area contributed by atoms with Crippen LogP contribution in [0.3, 0.4) is 0 Å². The van der Waals surface area contributed by atoms with Gasteiger partial charge in [-0.2, -0.15) is 0 Å². The molecule has 2 heteroatoms. The van der Waals surface area contributed by atoms with Crippen molar-refractivity contribution < 1.29 is 5.11 Å². The Morgan fingerprint density at radius 1 is 1.19 bits per heavy atom. The molecule has 0 aromatic rings. The average molecular weight is 225 g/mol. The van der Waals surface area contributed by atoms with E-state index in [2.05, 4.69) is 12.2 Å². The van der Waals surface area contributed by atoms with Gasteiger partial charge in [-0.1, -0.05) is 39.0 Å². The van der Waals surface area contributed by atoms with E-state index in [1.54, 1.807) is 0 Å². The van der Waals surface area contributed by atoms with Gasteiger partial charge in [0, 0.05) is 11.6 Å². The lowest BCUT2D eigenvalue weighted by Crippen LogP contribution is -2.52. The third-order valence-electron chi connectivity index (χ3n) is 4.73. The van der Waals surface area contributed by atoms with Crippen molar-refractivity contribution in [1.29, 1.82) is 0 Å². The first kappa shape index (κ1) is 12.4. The second-order valence-corrected chi connectivity index (χ2v) is 5.93. The molecule has 0 heterocycles. The van der Waals surface area contributed by atoms with E-state index in [0.717, 1.165) is 5.92 Å². The second-order valence-electron chi connectivity index (χ2n) is 5.93. The Morgan fingerprint density at radius 2 is 1.94 bits per heavy atom. The van der Waals surface area contributed by atoms with E-state index in [-0.39, 0.29) is 5.54 Å². The lowest BCUT2D eigenvalue weighted by atomic mass is 9.82. The molecule has 2 saturated carbocycles. The minimum atomic E-state index is 0.0836. The van der Waals surface area contributed by atoms with Gasteiger partial charge in [0.2, 0.25) is 0 Å². The van der Waals surface area contributed by atoms with E-state index >= 15 is 0 Å². The zero-order valence-electron chi connectivity index (χ0n) is 10.7. The first-order valence-electron chi connectivity index (χ1n) is 7.16. The molecule has 94 valence electrons. The molecule has 0 aliphatic heterocycles. The third kappa shape index (κ3) is 2.78. The Balaban J connectivity index is 1.87. The normalized spacial score (nSPS) is 34.1. The van der Waals surface area contributed by atoms with Gasteiger partial charge in [0.25, 0.3) is 0 Å². The quantitative estimate of drug-likeness (QED) is 0.771. The van der Waals surface area contributed by atoms with Gasteiger partial charge in [-0.05, 0) is 31.6 Å².